The Bertz CT molecular complexity index is 326. The number of carbonyl (C=O) groups excluding carboxylic acids is 1. The van der Waals surface area contributed by atoms with Gasteiger partial charge in [0.25, 0.3) is 0 Å². The Balaban J connectivity index is 2.01. The first-order valence-corrected chi connectivity index (χ1v) is 8.46. The van der Waals surface area contributed by atoms with E-state index in [1.165, 1.54) is 25.7 Å². The molecule has 2 aliphatic rings. The van der Waals surface area contributed by atoms with E-state index >= 15 is 0 Å². The molecule has 2 N–H and O–H groups in total. The van der Waals surface area contributed by atoms with Crippen molar-refractivity contribution in [3.8, 4) is 0 Å². The van der Waals surface area contributed by atoms with Gasteiger partial charge in [-0.15, -0.1) is 0 Å². The van der Waals surface area contributed by atoms with Crippen LogP contribution < -0.4 is 5.73 Å². The summed E-state index contributed by atoms with van der Waals surface area (Å²) in [4.78, 5) is 15.0. The smallest absolute Gasteiger partial charge is 0.230 e. The highest BCUT2D eigenvalue weighted by Gasteiger charge is 2.42. The zero-order chi connectivity index (χ0) is 14.8. The Morgan fingerprint density at radius 2 is 1.55 bits per heavy atom. The minimum atomic E-state index is -0.260. The van der Waals surface area contributed by atoms with Crippen LogP contribution >= 0.6 is 0 Å². The first-order chi connectivity index (χ1) is 9.48. The second-order valence-electron chi connectivity index (χ2n) is 7.50. The van der Waals surface area contributed by atoms with Gasteiger partial charge in [0.15, 0.2) is 0 Å². The van der Waals surface area contributed by atoms with Gasteiger partial charge in [-0.05, 0) is 63.2 Å². The van der Waals surface area contributed by atoms with Gasteiger partial charge in [-0.1, -0.05) is 13.8 Å². The second-order valence-corrected chi connectivity index (χ2v) is 7.50. The van der Waals surface area contributed by atoms with Crippen molar-refractivity contribution in [1.82, 2.24) is 4.90 Å². The van der Waals surface area contributed by atoms with Gasteiger partial charge in [0, 0.05) is 19.6 Å². The first kappa shape index (κ1) is 15.8. The molecule has 0 aromatic rings. The largest absolute Gasteiger partial charge is 0.342 e. The van der Waals surface area contributed by atoms with Crippen LogP contribution in [0.3, 0.4) is 0 Å². The molecule has 116 valence electrons. The standard InChI is InChI=1S/C17H32N2O/c1-13-4-6-15(7-5-13)19(3)16(20)17(12-18)10-8-14(2)9-11-17/h13-15H,4-12,18H2,1-3H3. The molecule has 0 bridgehead atoms. The Kier molecular flexibility index (Phi) is 5.11. The predicted octanol–water partition coefficient (Wildman–Crippen LogP) is 3.18. The second kappa shape index (κ2) is 6.46. The molecule has 0 aromatic carbocycles. The molecule has 0 atom stereocenters. The quantitative estimate of drug-likeness (QED) is 0.863. The lowest BCUT2D eigenvalue weighted by Gasteiger charge is -2.43. The molecule has 20 heavy (non-hydrogen) atoms. The molecule has 0 unspecified atom stereocenters. The average Bonchev–Trinajstić information content (AvgIpc) is 2.48. The summed E-state index contributed by atoms with van der Waals surface area (Å²) in [6.45, 7) is 5.13. The minimum Gasteiger partial charge on any atom is -0.342 e. The van der Waals surface area contributed by atoms with Gasteiger partial charge < -0.3 is 10.6 Å². The first-order valence-electron chi connectivity index (χ1n) is 8.46. The number of rotatable bonds is 3. The molecular weight excluding hydrogens is 248 g/mol. The van der Waals surface area contributed by atoms with Crippen LogP contribution in [0, 0.1) is 17.3 Å². The van der Waals surface area contributed by atoms with E-state index in [0.717, 1.165) is 37.5 Å². The van der Waals surface area contributed by atoms with E-state index in [2.05, 4.69) is 18.7 Å². The highest BCUT2D eigenvalue weighted by atomic mass is 16.2. The van der Waals surface area contributed by atoms with E-state index in [-0.39, 0.29) is 5.41 Å². The fourth-order valence-corrected chi connectivity index (χ4v) is 3.99. The monoisotopic (exact) mass is 280 g/mol. The molecule has 0 spiro atoms. The van der Waals surface area contributed by atoms with Crippen molar-refractivity contribution in [2.45, 2.75) is 71.3 Å². The molecule has 0 aromatic heterocycles. The third kappa shape index (κ3) is 3.19. The maximum atomic E-state index is 13.0. The molecule has 1 amide bonds. The maximum Gasteiger partial charge on any atom is 0.230 e. The molecule has 2 fully saturated rings. The average molecular weight is 280 g/mol. The van der Waals surface area contributed by atoms with Crippen LogP contribution in [-0.2, 0) is 4.79 Å². The Hall–Kier alpha value is -0.570. The molecule has 0 aliphatic heterocycles. The summed E-state index contributed by atoms with van der Waals surface area (Å²) in [6.07, 6.45) is 9.12. The van der Waals surface area contributed by atoms with Gasteiger partial charge >= 0.3 is 0 Å². The molecule has 0 radical (unpaired) electrons. The van der Waals surface area contributed by atoms with Crippen molar-refractivity contribution in [1.29, 1.82) is 0 Å². The normalized spacial score (nSPS) is 38.5. The molecule has 2 aliphatic carbocycles. The highest BCUT2D eigenvalue weighted by molar-refractivity contribution is 5.83. The molecule has 2 rings (SSSR count). The van der Waals surface area contributed by atoms with E-state index in [1.54, 1.807) is 0 Å². The van der Waals surface area contributed by atoms with Crippen LogP contribution in [0.1, 0.15) is 65.2 Å². The van der Waals surface area contributed by atoms with Crippen molar-refractivity contribution < 1.29 is 4.79 Å². The fraction of sp³-hybridized carbons (Fsp3) is 0.941. The molecule has 0 heterocycles. The fourth-order valence-electron chi connectivity index (χ4n) is 3.99. The molecule has 3 nitrogen and oxygen atoms in total. The van der Waals surface area contributed by atoms with Gasteiger partial charge in [-0.3, -0.25) is 4.79 Å². The summed E-state index contributed by atoms with van der Waals surface area (Å²) in [5, 5.41) is 0. The predicted molar refractivity (Wildman–Crippen MR) is 83.3 cm³/mol. The van der Waals surface area contributed by atoms with Gasteiger partial charge in [0.1, 0.15) is 0 Å². The number of nitrogens with zero attached hydrogens (tertiary/aromatic N) is 1. The van der Waals surface area contributed by atoms with Crippen LogP contribution in [0.5, 0.6) is 0 Å². The van der Waals surface area contributed by atoms with Crippen molar-refractivity contribution >= 4 is 5.91 Å². The molecule has 0 saturated heterocycles. The summed E-state index contributed by atoms with van der Waals surface area (Å²) in [5.74, 6) is 1.91. The lowest BCUT2D eigenvalue weighted by molar-refractivity contribution is -0.145. The molecule has 2 saturated carbocycles. The lowest BCUT2D eigenvalue weighted by Crippen LogP contribution is -2.52. The van der Waals surface area contributed by atoms with Crippen LogP contribution in [0.25, 0.3) is 0 Å². The highest BCUT2D eigenvalue weighted by Crippen LogP contribution is 2.40. The van der Waals surface area contributed by atoms with Crippen LogP contribution in [-0.4, -0.2) is 30.4 Å². The Morgan fingerprint density at radius 3 is 2.05 bits per heavy atom. The van der Waals surface area contributed by atoms with Crippen molar-refractivity contribution in [3.63, 3.8) is 0 Å². The topological polar surface area (TPSA) is 46.3 Å². The number of hydrogen-bond donors (Lipinski definition) is 1. The van der Waals surface area contributed by atoms with Gasteiger partial charge in [-0.2, -0.15) is 0 Å². The third-order valence-corrected chi connectivity index (χ3v) is 5.93. The zero-order valence-corrected chi connectivity index (χ0v) is 13.5. The number of nitrogens with two attached hydrogens (primary N) is 1. The summed E-state index contributed by atoms with van der Waals surface area (Å²) in [7, 11) is 2.01. The Labute approximate surface area is 124 Å². The lowest BCUT2D eigenvalue weighted by atomic mass is 9.69. The van der Waals surface area contributed by atoms with E-state index in [9.17, 15) is 4.79 Å². The van der Waals surface area contributed by atoms with Gasteiger partial charge in [0.2, 0.25) is 5.91 Å². The SMILES string of the molecule is CC1CCC(N(C)C(=O)C2(CN)CCC(C)CC2)CC1. The number of amides is 1. The van der Waals surface area contributed by atoms with Crippen LogP contribution in [0.15, 0.2) is 0 Å². The van der Waals surface area contributed by atoms with Crippen molar-refractivity contribution in [2.24, 2.45) is 23.0 Å². The van der Waals surface area contributed by atoms with Crippen LogP contribution in [0.4, 0.5) is 0 Å². The van der Waals surface area contributed by atoms with Gasteiger partial charge in [-0.25, -0.2) is 0 Å². The Morgan fingerprint density at radius 1 is 1.05 bits per heavy atom. The summed E-state index contributed by atoms with van der Waals surface area (Å²) >= 11 is 0. The van der Waals surface area contributed by atoms with E-state index < -0.39 is 0 Å². The number of hydrogen-bond acceptors (Lipinski definition) is 2. The van der Waals surface area contributed by atoms with E-state index in [4.69, 9.17) is 5.73 Å². The summed E-state index contributed by atoms with van der Waals surface area (Å²) in [6, 6.07) is 0.446. The summed E-state index contributed by atoms with van der Waals surface area (Å²) < 4.78 is 0. The minimum absolute atomic E-state index is 0.260. The molecular formula is C17H32N2O. The van der Waals surface area contributed by atoms with Gasteiger partial charge in [0.05, 0.1) is 5.41 Å². The summed E-state index contributed by atoms with van der Waals surface area (Å²) in [5.41, 5.74) is 5.77. The third-order valence-electron chi connectivity index (χ3n) is 5.93. The zero-order valence-electron chi connectivity index (χ0n) is 13.5. The molecule has 3 heteroatoms. The number of carbonyl (C=O) groups is 1. The maximum absolute atomic E-state index is 13.0. The van der Waals surface area contributed by atoms with Crippen LogP contribution in [0.2, 0.25) is 0 Å². The van der Waals surface area contributed by atoms with Crippen molar-refractivity contribution in [2.75, 3.05) is 13.6 Å². The van der Waals surface area contributed by atoms with E-state index in [1.807, 2.05) is 7.05 Å². The van der Waals surface area contributed by atoms with E-state index in [0.29, 0.717) is 18.5 Å². The van der Waals surface area contributed by atoms with Crippen molar-refractivity contribution in [3.05, 3.63) is 0 Å².